The summed E-state index contributed by atoms with van der Waals surface area (Å²) >= 11 is 0. The van der Waals surface area contributed by atoms with Gasteiger partial charge in [-0.05, 0) is 25.2 Å². The zero-order valence-corrected chi connectivity index (χ0v) is 9.06. The number of aromatic amines is 1. The summed E-state index contributed by atoms with van der Waals surface area (Å²) in [5.41, 5.74) is 2.15. The van der Waals surface area contributed by atoms with E-state index in [4.69, 9.17) is 9.84 Å². The van der Waals surface area contributed by atoms with Crippen molar-refractivity contribution in [1.82, 2.24) is 10.2 Å². The van der Waals surface area contributed by atoms with Crippen LogP contribution < -0.4 is 0 Å². The maximum atomic E-state index is 10.9. The number of fused-ring (bicyclic) bond motifs is 3. The summed E-state index contributed by atoms with van der Waals surface area (Å²) in [7, 11) is 0. The predicted molar refractivity (Wildman–Crippen MR) is 55.5 cm³/mol. The highest BCUT2D eigenvalue weighted by molar-refractivity contribution is 5.87. The number of nitrogens with zero attached hydrogens (tertiary/aromatic N) is 1. The normalized spacial score (nSPS) is 29.9. The molecule has 0 saturated heterocycles. The zero-order chi connectivity index (χ0) is 11.3. The average molecular weight is 222 g/mol. The Bertz CT molecular complexity index is 440. The van der Waals surface area contributed by atoms with Crippen LogP contribution in [0.25, 0.3) is 0 Å². The Hall–Kier alpha value is -1.36. The molecule has 5 heteroatoms. The fraction of sp³-hybridized carbons (Fsp3) is 0.636. The third kappa shape index (κ3) is 1.21. The first kappa shape index (κ1) is 9.84. The average Bonchev–Trinajstić information content (AvgIpc) is 2.60. The van der Waals surface area contributed by atoms with E-state index in [9.17, 15) is 4.79 Å². The molecule has 1 aromatic rings. The summed E-state index contributed by atoms with van der Waals surface area (Å²) < 4.78 is 5.41. The van der Waals surface area contributed by atoms with Crippen LogP contribution in [0.1, 0.15) is 34.6 Å². The van der Waals surface area contributed by atoms with Crippen LogP contribution in [0.3, 0.4) is 0 Å². The number of carboxylic acids is 1. The monoisotopic (exact) mass is 222 g/mol. The van der Waals surface area contributed by atoms with Crippen molar-refractivity contribution in [3.05, 3.63) is 17.0 Å². The van der Waals surface area contributed by atoms with Gasteiger partial charge in [-0.2, -0.15) is 5.10 Å². The van der Waals surface area contributed by atoms with Crippen LogP contribution in [0.5, 0.6) is 0 Å². The Balaban J connectivity index is 1.78. The minimum absolute atomic E-state index is 0.206. The molecule has 2 aliphatic rings. The minimum atomic E-state index is -0.930. The fourth-order valence-corrected chi connectivity index (χ4v) is 2.91. The van der Waals surface area contributed by atoms with E-state index in [0.717, 1.165) is 30.9 Å². The molecule has 3 atom stereocenters. The van der Waals surface area contributed by atoms with E-state index in [-0.39, 0.29) is 5.69 Å². The molecule has 2 N–H and O–H groups in total. The van der Waals surface area contributed by atoms with Gasteiger partial charge in [0.15, 0.2) is 5.69 Å². The van der Waals surface area contributed by atoms with Crippen LogP contribution in [0, 0.1) is 11.8 Å². The Morgan fingerprint density at radius 1 is 1.69 bits per heavy atom. The number of carboxylic acid groups (broad SMARTS) is 1. The summed E-state index contributed by atoms with van der Waals surface area (Å²) in [4.78, 5) is 10.9. The summed E-state index contributed by atoms with van der Waals surface area (Å²) in [6.45, 7) is 3.52. The maximum Gasteiger partial charge on any atom is 0.356 e. The first-order valence-electron chi connectivity index (χ1n) is 5.62. The van der Waals surface area contributed by atoms with Gasteiger partial charge in [-0.1, -0.05) is 0 Å². The van der Waals surface area contributed by atoms with Crippen molar-refractivity contribution in [1.29, 1.82) is 0 Å². The molecule has 1 fully saturated rings. The van der Waals surface area contributed by atoms with Crippen LogP contribution in [-0.4, -0.2) is 34.5 Å². The van der Waals surface area contributed by atoms with E-state index in [2.05, 4.69) is 10.2 Å². The number of nitrogens with one attached hydrogen (secondary N) is 1. The third-order valence-corrected chi connectivity index (χ3v) is 3.72. The van der Waals surface area contributed by atoms with Gasteiger partial charge in [-0.15, -0.1) is 0 Å². The standard InChI is InChI=1S/C11H14N2O3/c1-2-16-4-7-5-3-6-9(8(5)7)12-13-10(6)11(14)15/h5,7-8H,2-4H2,1H3,(H,12,13)(H,14,15)/t5-,7+,8-/m0/s1. The molecule has 5 nitrogen and oxygen atoms in total. The topological polar surface area (TPSA) is 75.2 Å². The molecule has 1 heterocycles. The summed E-state index contributed by atoms with van der Waals surface area (Å²) in [5.74, 6) is 0.672. The van der Waals surface area contributed by atoms with Crippen molar-refractivity contribution >= 4 is 5.97 Å². The van der Waals surface area contributed by atoms with Crippen molar-refractivity contribution < 1.29 is 14.6 Å². The van der Waals surface area contributed by atoms with E-state index in [1.54, 1.807) is 0 Å². The first-order valence-corrected chi connectivity index (χ1v) is 5.62. The van der Waals surface area contributed by atoms with E-state index in [0.29, 0.717) is 17.8 Å². The van der Waals surface area contributed by atoms with Gasteiger partial charge in [-0.3, -0.25) is 5.10 Å². The summed E-state index contributed by atoms with van der Waals surface area (Å²) in [5, 5.41) is 15.7. The number of H-pyrrole nitrogens is 1. The molecule has 0 bridgehead atoms. The molecular weight excluding hydrogens is 208 g/mol. The molecule has 0 aromatic carbocycles. The first-order chi connectivity index (χ1) is 7.74. The van der Waals surface area contributed by atoms with Crippen molar-refractivity contribution in [2.45, 2.75) is 19.3 Å². The quantitative estimate of drug-likeness (QED) is 0.797. The second-order valence-electron chi connectivity index (χ2n) is 4.49. The highest BCUT2D eigenvalue weighted by Gasteiger charge is 2.57. The van der Waals surface area contributed by atoms with Crippen LogP contribution in [-0.2, 0) is 11.2 Å². The van der Waals surface area contributed by atoms with Crippen LogP contribution in [0.15, 0.2) is 0 Å². The molecule has 0 unspecified atom stereocenters. The lowest BCUT2D eigenvalue weighted by Crippen LogP contribution is -2.05. The molecule has 86 valence electrons. The van der Waals surface area contributed by atoms with E-state index in [1.807, 2.05) is 6.92 Å². The lowest BCUT2D eigenvalue weighted by Gasteiger charge is -2.03. The Morgan fingerprint density at radius 3 is 3.19 bits per heavy atom. The van der Waals surface area contributed by atoms with Crippen LogP contribution in [0.2, 0.25) is 0 Å². The van der Waals surface area contributed by atoms with Crippen molar-refractivity contribution in [3.63, 3.8) is 0 Å². The van der Waals surface area contributed by atoms with Gasteiger partial charge in [0, 0.05) is 23.8 Å². The number of aromatic nitrogens is 2. The minimum Gasteiger partial charge on any atom is -0.476 e. The largest absolute Gasteiger partial charge is 0.476 e. The number of carbonyl (C=O) groups is 1. The molecule has 0 amide bonds. The molecule has 2 aliphatic carbocycles. The Labute approximate surface area is 92.8 Å². The van der Waals surface area contributed by atoms with E-state index < -0.39 is 5.97 Å². The van der Waals surface area contributed by atoms with E-state index >= 15 is 0 Å². The third-order valence-electron chi connectivity index (χ3n) is 3.72. The highest BCUT2D eigenvalue weighted by Crippen LogP contribution is 2.61. The number of rotatable bonds is 4. The highest BCUT2D eigenvalue weighted by atomic mass is 16.5. The second-order valence-corrected chi connectivity index (χ2v) is 4.49. The van der Waals surface area contributed by atoms with Crippen LogP contribution >= 0.6 is 0 Å². The number of ether oxygens (including phenoxy) is 1. The number of hydrogen-bond acceptors (Lipinski definition) is 3. The van der Waals surface area contributed by atoms with Crippen molar-refractivity contribution in [3.8, 4) is 0 Å². The van der Waals surface area contributed by atoms with Gasteiger partial charge in [0.25, 0.3) is 0 Å². The number of aromatic carboxylic acids is 1. The molecule has 0 aliphatic heterocycles. The molecule has 0 spiro atoms. The van der Waals surface area contributed by atoms with Crippen molar-refractivity contribution in [2.24, 2.45) is 11.8 Å². The smallest absolute Gasteiger partial charge is 0.356 e. The molecule has 1 saturated carbocycles. The Morgan fingerprint density at radius 2 is 2.50 bits per heavy atom. The fourth-order valence-electron chi connectivity index (χ4n) is 2.91. The van der Waals surface area contributed by atoms with Gasteiger partial charge in [0.05, 0.1) is 6.61 Å². The maximum absolute atomic E-state index is 10.9. The Kier molecular flexibility index (Phi) is 2.04. The predicted octanol–water partition coefficient (Wildman–Crippen LogP) is 1.03. The molecule has 1 aromatic heterocycles. The van der Waals surface area contributed by atoms with Crippen molar-refractivity contribution in [2.75, 3.05) is 13.2 Å². The summed E-state index contributed by atoms with van der Waals surface area (Å²) in [6.07, 6.45) is 0.843. The van der Waals surface area contributed by atoms with E-state index in [1.165, 1.54) is 0 Å². The zero-order valence-electron chi connectivity index (χ0n) is 9.06. The van der Waals surface area contributed by atoms with Gasteiger partial charge in [-0.25, -0.2) is 4.79 Å². The van der Waals surface area contributed by atoms with Gasteiger partial charge < -0.3 is 9.84 Å². The lowest BCUT2D eigenvalue weighted by atomic mass is 10.1. The lowest BCUT2D eigenvalue weighted by molar-refractivity contribution is 0.0689. The molecule has 0 radical (unpaired) electrons. The van der Waals surface area contributed by atoms with Gasteiger partial charge in [0.1, 0.15) is 0 Å². The molecular formula is C11H14N2O3. The second kappa shape index (κ2) is 3.31. The number of hydrogen-bond donors (Lipinski definition) is 2. The van der Waals surface area contributed by atoms with Gasteiger partial charge >= 0.3 is 5.97 Å². The summed E-state index contributed by atoms with van der Waals surface area (Å²) in [6, 6.07) is 0. The SMILES string of the molecule is CCOC[C@@H]1[C@@H]2Cc3c(C(=O)O)n[nH]c3[C@H]12. The van der Waals surface area contributed by atoms with Gasteiger partial charge in [0.2, 0.25) is 0 Å². The molecule has 3 rings (SSSR count). The van der Waals surface area contributed by atoms with Crippen LogP contribution in [0.4, 0.5) is 0 Å². The molecule has 16 heavy (non-hydrogen) atoms.